The topological polar surface area (TPSA) is 134 Å². The Balaban J connectivity index is 1.47. The van der Waals surface area contributed by atoms with Crippen LogP contribution in [0.5, 0.6) is 0 Å². The molecule has 0 fully saturated rings. The summed E-state index contributed by atoms with van der Waals surface area (Å²) in [6, 6.07) is 16.0. The van der Waals surface area contributed by atoms with Crippen molar-refractivity contribution in [2.75, 3.05) is 10.6 Å². The summed E-state index contributed by atoms with van der Waals surface area (Å²) >= 11 is 0. The SMILES string of the molecule is NC(=O)C(O)CCCCCC(=O)Nc1ccc(C(=O)Nc2cccc3cccnc23)cc1. The second kappa shape index (κ2) is 11.0. The van der Waals surface area contributed by atoms with Crippen LogP contribution in [0.15, 0.2) is 60.8 Å². The number of para-hydroxylation sites is 1. The average molecular weight is 434 g/mol. The van der Waals surface area contributed by atoms with E-state index in [9.17, 15) is 19.5 Å². The third-order valence-corrected chi connectivity index (χ3v) is 5.02. The Morgan fingerprint density at radius 1 is 0.938 bits per heavy atom. The molecule has 8 heteroatoms. The predicted molar refractivity (Wildman–Crippen MR) is 123 cm³/mol. The van der Waals surface area contributed by atoms with Crippen LogP contribution in [0.3, 0.4) is 0 Å². The molecular formula is C24H26N4O4. The number of hydrogen-bond donors (Lipinski definition) is 4. The summed E-state index contributed by atoms with van der Waals surface area (Å²) in [5, 5.41) is 15.9. The van der Waals surface area contributed by atoms with Crippen LogP contribution in [0.1, 0.15) is 42.5 Å². The third kappa shape index (κ3) is 6.36. The largest absolute Gasteiger partial charge is 0.383 e. The van der Waals surface area contributed by atoms with Crippen molar-refractivity contribution < 1.29 is 19.5 Å². The van der Waals surface area contributed by atoms with E-state index in [2.05, 4.69) is 15.6 Å². The standard InChI is InChI=1S/C24H26N4O4/c25-23(31)20(29)9-2-1-3-10-21(30)27-18-13-11-17(12-14-18)24(32)28-19-8-4-6-16-7-5-15-26-22(16)19/h4-8,11-15,20,29H,1-3,9-10H2,(H2,25,31)(H,27,30)(H,28,32). The van der Waals surface area contributed by atoms with E-state index in [1.807, 2.05) is 24.3 Å². The highest BCUT2D eigenvalue weighted by Crippen LogP contribution is 2.21. The molecule has 1 unspecified atom stereocenters. The summed E-state index contributed by atoms with van der Waals surface area (Å²) in [5.74, 6) is -1.13. The lowest BCUT2D eigenvalue weighted by molar-refractivity contribution is -0.126. The molecule has 0 bridgehead atoms. The smallest absolute Gasteiger partial charge is 0.255 e. The Labute approximate surface area is 185 Å². The summed E-state index contributed by atoms with van der Waals surface area (Å²) in [4.78, 5) is 39.8. The number of aromatic nitrogens is 1. The predicted octanol–water partition coefficient (Wildman–Crippen LogP) is 3.22. The van der Waals surface area contributed by atoms with E-state index in [-0.39, 0.29) is 11.8 Å². The van der Waals surface area contributed by atoms with Gasteiger partial charge in [-0.3, -0.25) is 19.4 Å². The zero-order valence-electron chi connectivity index (χ0n) is 17.6. The monoisotopic (exact) mass is 434 g/mol. The molecule has 3 aromatic rings. The maximum atomic E-state index is 12.6. The van der Waals surface area contributed by atoms with Crippen molar-refractivity contribution in [3.8, 4) is 0 Å². The lowest BCUT2D eigenvalue weighted by Gasteiger charge is -2.09. The summed E-state index contributed by atoms with van der Waals surface area (Å²) in [6.07, 6.45) is 3.14. The number of unbranched alkanes of at least 4 members (excludes halogenated alkanes) is 2. The van der Waals surface area contributed by atoms with Gasteiger partial charge in [-0.05, 0) is 49.2 Å². The molecular weight excluding hydrogens is 408 g/mol. The molecule has 1 atom stereocenters. The molecule has 1 aromatic heterocycles. The Hall–Kier alpha value is -3.78. The van der Waals surface area contributed by atoms with Crippen LogP contribution < -0.4 is 16.4 Å². The van der Waals surface area contributed by atoms with Crippen LogP contribution >= 0.6 is 0 Å². The number of hydrogen-bond acceptors (Lipinski definition) is 5. The van der Waals surface area contributed by atoms with Crippen LogP contribution in [-0.4, -0.2) is 33.9 Å². The highest BCUT2D eigenvalue weighted by molar-refractivity contribution is 6.08. The number of primary amides is 1. The minimum Gasteiger partial charge on any atom is -0.383 e. The first kappa shape index (κ1) is 22.9. The van der Waals surface area contributed by atoms with Gasteiger partial charge in [0.05, 0.1) is 11.2 Å². The number of carbonyl (C=O) groups excluding carboxylic acids is 3. The van der Waals surface area contributed by atoms with Gasteiger partial charge in [-0.15, -0.1) is 0 Å². The number of nitrogens with two attached hydrogens (primary N) is 1. The van der Waals surface area contributed by atoms with Crippen LogP contribution in [0, 0.1) is 0 Å². The van der Waals surface area contributed by atoms with E-state index < -0.39 is 12.0 Å². The number of fused-ring (bicyclic) bond motifs is 1. The van der Waals surface area contributed by atoms with Gasteiger partial charge in [-0.2, -0.15) is 0 Å². The first-order valence-corrected chi connectivity index (χ1v) is 10.5. The van der Waals surface area contributed by atoms with Crippen LogP contribution in [0.2, 0.25) is 0 Å². The van der Waals surface area contributed by atoms with Crippen molar-refractivity contribution in [1.29, 1.82) is 0 Å². The number of carbonyl (C=O) groups is 3. The maximum Gasteiger partial charge on any atom is 0.255 e. The maximum absolute atomic E-state index is 12.6. The zero-order valence-corrected chi connectivity index (χ0v) is 17.6. The third-order valence-electron chi connectivity index (χ3n) is 5.02. The van der Waals surface area contributed by atoms with Crippen LogP contribution in [-0.2, 0) is 9.59 Å². The number of pyridine rings is 1. The van der Waals surface area contributed by atoms with Crippen molar-refractivity contribution in [3.05, 3.63) is 66.4 Å². The minimum absolute atomic E-state index is 0.139. The van der Waals surface area contributed by atoms with Gasteiger partial charge in [-0.1, -0.05) is 31.0 Å². The van der Waals surface area contributed by atoms with Crippen molar-refractivity contribution >= 4 is 40.0 Å². The van der Waals surface area contributed by atoms with Crippen molar-refractivity contribution in [2.45, 2.75) is 38.2 Å². The fourth-order valence-corrected chi connectivity index (χ4v) is 3.27. The molecule has 8 nitrogen and oxygen atoms in total. The number of anilines is 2. The number of rotatable bonds is 10. The number of aliphatic hydroxyl groups excluding tert-OH is 1. The zero-order chi connectivity index (χ0) is 22.9. The van der Waals surface area contributed by atoms with Gasteiger partial charge in [0, 0.05) is 29.3 Å². The van der Waals surface area contributed by atoms with E-state index >= 15 is 0 Å². The molecule has 0 aliphatic rings. The number of amides is 3. The molecule has 3 rings (SSSR count). The Morgan fingerprint density at radius 2 is 1.69 bits per heavy atom. The lowest BCUT2D eigenvalue weighted by atomic mass is 10.1. The fourth-order valence-electron chi connectivity index (χ4n) is 3.27. The summed E-state index contributed by atoms with van der Waals surface area (Å²) in [5.41, 5.74) is 7.41. The van der Waals surface area contributed by atoms with E-state index in [1.165, 1.54) is 0 Å². The van der Waals surface area contributed by atoms with E-state index in [0.29, 0.717) is 49.0 Å². The minimum atomic E-state index is -1.13. The summed E-state index contributed by atoms with van der Waals surface area (Å²) in [6.45, 7) is 0. The molecule has 0 aliphatic carbocycles. The molecule has 5 N–H and O–H groups in total. The van der Waals surface area contributed by atoms with Gasteiger partial charge in [0.25, 0.3) is 5.91 Å². The molecule has 1 heterocycles. The highest BCUT2D eigenvalue weighted by Gasteiger charge is 2.11. The summed E-state index contributed by atoms with van der Waals surface area (Å²) in [7, 11) is 0. The average Bonchev–Trinajstić information content (AvgIpc) is 2.79. The first-order chi connectivity index (χ1) is 15.4. The van der Waals surface area contributed by atoms with Gasteiger partial charge in [0.1, 0.15) is 6.10 Å². The number of aliphatic hydroxyl groups is 1. The van der Waals surface area contributed by atoms with Gasteiger partial charge < -0.3 is 21.5 Å². The molecule has 166 valence electrons. The first-order valence-electron chi connectivity index (χ1n) is 10.5. The van der Waals surface area contributed by atoms with Crippen molar-refractivity contribution in [2.24, 2.45) is 5.73 Å². The molecule has 0 radical (unpaired) electrons. The fraction of sp³-hybridized carbons (Fsp3) is 0.250. The van der Waals surface area contributed by atoms with Gasteiger partial charge in [0.15, 0.2) is 0 Å². The molecule has 0 spiro atoms. The second-order valence-electron chi connectivity index (χ2n) is 7.48. The van der Waals surface area contributed by atoms with E-state index in [4.69, 9.17) is 5.73 Å². The molecule has 32 heavy (non-hydrogen) atoms. The molecule has 0 aliphatic heterocycles. The van der Waals surface area contributed by atoms with Gasteiger partial charge >= 0.3 is 0 Å². The van der Waals surface area contributed by atoms with Crippen molar-refractivity contribution in [1.82, 2.24) is 4.98 Å². The lowest BCUT2D eigenvalue weighted by Crippen LogP contribution is -2.27. The van der Waals surface area contributed by atoms with Crippen molar-refractivity contribution in [3.63, 3.8) is 0 Å². The Bertz CT molecular complexity index is 1090. The number of nitrogens with zero attached hydrogens (tertiary/aromatic N) is 1. The second-order valence-corrected chi connectivity index (χ2v) is 7.48. The number of nitrogens with one attached hydrogen (secondary N) is 2. The molecule has 3 amide bonds. The van der Waals surface area contributed by atoms with Gasteiger partial charge in [-0.25, -0.2) is 0 Å². The molecule has 0 saturated heterocycles. The van der Waals surface area contributed by atoms with Crippen LogP contribution in [0.25, 0.3) is 10.9 Å². The molecule has 0 saturated carbocycles. The Kier molecular flexibility index (Phi) is 7.88. The quantitative estimate of drug-likeness (QED) is 0.364. The Morgan fingerprint density at radius 3 is 2.44 bits per heavy atom. The summed E-state index contributed by atoms with van der Waals surface area (Å²) < 4.78 is 0. The van der Waals surface area contributed by atoms with Gasteiger partial charge in [0.2, 0.25) is 11.8 Å². The van der Waals surface area contributed by atoms with Crippen LogP contribution in [0.4, 0.5) is 11.4 Å². The van der Waals surface area contributed by atoms with E-state index in [1.54, 1.807) is 36.5 Å². The molecule has 2 aromatic carbocycles. The van der Waals surface area contributed by atoms with E-state index in [0.717, 1.165) is 10.9 Å². The highest BCUT2D eigenvalue weighted by atomic mass is 16.3. The number of benzene rings is 2. The normalized spacial score (nSPS) is 11.7.